The van der Waals surface area contributed by atoms with Crippen LogP contribution in [0.3, 0.4) is 0 Å². The van der Waals surface area contributed by atoms with E-state index in [-0.39, 0.29) is 16.9 Å². The van der Waals surface area contributed by atoms with Crippen molar-refractivity contribution in [1.82, 2.24) is 14.8 Å². The van der Waals surface area contributed by atoms with Crippen LogP contribution in [-0.4, -0.2) is 37.3 Å². The lowest BCUT2D eigenvalue weighted by molar-refractivity contribution is -0.384. The minimum atomic E-state index is -1.14. The first-order valence-corrected chi connectivity index (χ1v) is 6.07. The molecular formula is C12H13N5O4. The lowest BCUT2D eigenvalue weighted by Crippen LogP contribution is -2.10. The Bertz CT molecular complexity index is 682. The van der Waals surface area contributed by atoms with Crippen molar-refractivity contribution in [2.75, 3.05) is 11.9 Å². The average Bonchev–Trinajstić information content (AvgIpc) is 2.84. The summed E-state index contributed by atoms with van der Waals surface area (Å²) in [7, 11) is 1.79. The van der Waals surface area contributed by atoms with Gasteiger partial charge in [-0.2, -0.15) is 0 Å². The van der Waals surface area contributed by atoms with Crippen LogP contribution in [0.4, 0.5) is 11.4 Å². The molecule has 9 nitrogen and oxygen atoms in total. The number of hydrogen-bond acceptors (Lipinski definition) is 6. The molecule has 110 valence electrons. The van der Waals surface area contributed by atoms with Crippen LogP contribution in [0.5, 0.6) is 0 Å². The maximum absolute atomic E-state index is 10.9. The Labute approximate surface area is 119 Å². The van der Waals surface area contributed by atoms with Crippen LogP contribution in [0.2, 0.25) is 0 Å². The van der Waals surface area contributed by atoms with Crippen LogP contribution < -0.4 is 5.32 Å². The first-order valence-electron chi connectivity index (χ1n) is 6.07. The van der Waals surface area contributed by atoms with E-state index >= 15 is 0 Å². The quantitative estimate of drug-likeness (QED) is 0.602. The Balaban J connectivity index is 2.13. The molecule has 21 heavy (non-hydrogen) atoms. The van der Waals surface area contributed by atoms with E-state index in [4.69, 9.17) is 5.11 Å². The zero-order valence-corrected chi connectivity index (χ0v) is 11.2. The zero-order valence-electron chi connectivity index (χ0n) is 11.2. The number of aryl methyl sites for hydroxylation is 1. The van der Waals surface area contributed by atoms with E-state index < -0.39 is 10.9 Å². The van der Waals surface area contributed by atoms with Crippen molar-refractivity contribution in [1.29, 1.82) is 0 Å². The normalized spacial score (nSPS) is 10.3. The van der Waals surface area contributed by atoms with Crippen molar-refractivity contribution in [2.24, 2.45) is 7.05 Å². The lowest BCUT2D eigenvalue weighted by Gasteiger charge is -2.07. The van der Waals surface area contributed by atoms with E-state index in [9.17, 15) is 14.9 Å². The Morgan fingerprint density at radius 2 is 2.29 bits per heavy atom. The molecule has 0 radical (unpaired) electrons. The number of aromatic carboxylic acids is 1. The molecule has 0 aliphatic rings. The summed E-state index contributed by atoms with van der Waals surface area (Å²) in [6.45, 7) is 0.371. The number of nitrogens with one attached hydrogen (secondary N) is 1. The second-order valence-electron chi connectivity index (χ2n) is 4.33. The maximum atomic E-state index is 10.9. The predicted molar refractivity (Wildman–Crippen MR) is 73.3 cm³/mol. The van der Waals surface area contributed by atoms with Crippen LogP contribution in [-0.2, 0) is 13.5 Å². The molecule has 0 bridgehead atoms. The van der Waals surface area contributed by atoms with Crippen molar-refractivity contribution in [3.63, 3.8) is 0 Å². The van der Waals surface area contributed by atoms with Crippen LogP contribution >= 0.6 is 0 Å². The number of carboxylic acid groups (broad SMARTS) is 1. The molecule has 0 atom stereocenters. The van der Waals surface area contributed by atoms with E-state index in [1.54, 1.807) is 17.9 Å². The Hall–Kier alpha value is -2.97. The summed E-state index contributed by atoms with van der Waals surface area (Å²) in [5.41, 5.74) is -0.0122. The van der Waals surface area contributed by atoms with E-state index in [2.05, 4.69) is 15.5 Å². The number of anilines is 1. The molecule has 2 N–H and O–H groups in total. The highest BCUT2D eigenvalue weighted by Crippen LogP contribution is 2.25. The van der Waals surface area contributed by atoms with Gasteiger partial charge >= 0.3 is 5.97 Å². The molecule has 1 heterocycles. The van der Waals surface area contributed by atoms with Gasteiger partial charge in [0.2, 0.25) is 0 Å². The summed E-state index contributed by atoms with van der Waals surface area (Å²) in [6, 6.07) is 3.62. The number of rotatable bonds is 6. The fourth-order valence-electron chi connectivity index (χ4n) is 1.81. The Morgan fingerprint density at radius 1 is 1.52 bits per heavy atom. The molecule has 0 saturated carbocycles. The van der Waals surface area contributed by atoms with Crippen LogP contribution in [0.1, 0.15) is 16.2 Å². The van der Waals surface area contributed by atoms with Gasteiger partial charge in [-0.05, 0) is 12.1 Å². The first-order chi connectivity index (χ1) is 9.99. The van der Waals surface area contributed by atoms with Gasteiger partial charge in [0.25, 0.3) is 5.69 Å². The van der Waals surface area contributed by atoms with Crippen molar-refractivity contribution in [3.8, 4) is 0 Å². The number of carbonyl (C=O) groups is 1. The van der Waals surface area contributed by atoms with Gasteiger partial charge in [0.15, 0.2) is 0 Å². The summed E-state index contributed by atoms with van der Waals surface area (Å²) in [5.74, 6) is -0.416. The zero-order chi connectivity index (χ0) is 15.4. The average molecular weight is 291 g/mol. The summed E-state index contributed by atoms with van der Waals surface area (Å²) in [4.78, 5) is 21.3. The van der Waals surface area contributed by atoms with Gasteiger partial charge in [0, 0.05) is 26.1 Å². The van der Waals surface area contributed by atoms with E-state index in [1.165, 1.54) is 18.2 Å². The molecule has 0 fully saturated rings. The third-order valence-electron chi connectivity index (χ3n) is 2.91. The van der Waals surface area contributed by atoms with Gasteiger partial charge in [0.05, 0.1) is 10.5 Å². The van der Waals surface area contributed by atoms with Gasteiger partial charge in [-0.1, -0.05) is 0 Å². The topological polar surface area (TPSA) is 123 Å². The fraction of sp³-hybridized carbons (Fsp3) is 0.250. The molecule has 0 spiro atoms. The molecule has 0 amide bonds. The van der Waals surface area contributed by atoms with Crippen molar-refractivity contribution in [2.45, 2.75) is 6.42 Å². The monoisotopic (exact) mass is 291 g/mol. The molecule has 0 saturated heterocycles. The largest absolute Gasteiger partial charge is 0.478 e. The SMILES string of the molecule is Cn1cnnc1CCNc1cc(C(=O)O)ccc1[N+](=O)[O-]. The highest BCUT2D eigenvalue weighted by molar-refractivity contribution is 5.90. The number of aromatic nitrogens is 3. The third kappa shape index (κ3) is 3.32. The molecular weight excluding hydrogens is 278 g/mol. The minimum absolute atomic E-state index is 0.0123. The molecule has 1 aromatic carbocycles. The number of nitrogens with zero attached hydrogens (tertiary/aromatic N) is 4. The summed E-state index contributed by atoms with van der Waals surface area (Å²) in [6.07, 6.45) is 2.06. The molecule has 0 aliphatic carbocycles. The number of benzene rings is 1. The van der Waals surface area contributed by atoms with Crippen LogP contribution in [0, 0.1) is 10.1 Å². The number of hydrogen-bond donors (Lipinski definition) is 2. The molecule has 0 aliphatic heterocycles. The van der Waals surface area contributed by atoms with E-state index in [0.29, 0.717) is 13.0 Å². The molecule has 2 rings (SSSR count). The molecule has 0 unspecified atom stereocenters. The molecule has 2 aromatic rings. The van der Waals surface area contributed by atoms with Gasteiger partial charge < -0.3 is 15.0 Å². The fourth-order valence-corrected chi connectivity index (χ4v) is 1.81. The lowest BCUT2D eigenvalue weighted by atomic mass is 10.1. The first kappa shape index (κ1) is 14.4. The maximum Gasteiger partial charge on any atom is 0.335 e. The summed E-state index contributed by atoms with van der Waals surface area (Å²) < 4.78 is 1.74. The minimum Gasteiger partial charge on any atom is -0.478 e. The molecule has 9 heteroatoms. The second-order valence-corrected chi connectivity index (χ2v) is 4.33. The Kier molecular flexibility index (Phi) is 4.12. The van der Waals surface area contributed by atoms with Gasteiger partial charge in [-0.25, -0.2) is 4.79 Å². The highest BCUT2D eigenvalue weighted by atomic mass is 16.6. The predicted octanol–water partition coefficient (Wildman–Crippen LogP) is 1.08. The number of nitro benzene ring substituents is 1. The van der Waals surface area contributed by atoms with Gasteiger partial charge in [-0.3, -0.25) is 10.1 Å². The van der Waals surface area contributed by atoms with Gasteiger partial charge in [0.1, 0.15) is 17.8 Å². The van der Waals surface area contributed by atoms with E-state index in [0.717, 1.165) is 5.82 Å². The Morgan fingerprint density at radius 3 is 2.86 bits per heavy atom. The highest BCUT2D eigenvalue weighted by Gasteiger charge is 2.16. The smallest absolute Gasteiger partial charge is 0.335 e. The van der Waals surface area contributed by atoms with Gasteiger partial charge in [-0.15, -0.1) is 10.2 Å². The number of nitro groups is 1. The van der Waals surface area contributed by atoms with Crippen molar-refractivity contribution >= 4 is 17.3 Å². The second kappa shape index (κ2) is 5.99. The standard InChI is InChI=1S/C12H13N5O4/c1-16-7-14-15-11(16)4-5-13-9-6-8(12(18)19)2-3-10(9)17(20)21/h2-3,6-7,13H,4-5H2,1H3,(H,18,19). The van der Waals surface area contributed by atoms with Crippen LogP contribution in [0.15, 0.2) is 24.5 Å². The summed E-state index contributed by atoms with van der Waals surface area (Å²) in [5, 5.41) is 30.4. The van der Waals surface area contributed by atoms with Crippen molar-refractivity contribution < 1.29 is 14.8 Å². The molecule has 1 aromatic heterocycles. The van der Waals surface area contributed by atoms with Crippen molar-refractivity contribution in [3.05, 3.63) is 46.0 Å². The van der Waals surface area contributed by atoms with Crippen LogP contribution in [0.25, 0.3) is 0 Å². The summed E-state index contributed by atoms with van der Waals surface area (Å²) >= 11 is 0. The number of carboxylic acids is 1. The third-order valence-corrected chi connectivity index (χ3v) is 2.91. The van der Waals surface area contributed by atoms with E-state index in [1.807, 2.05) is 0 Å².